The van der Waals surface area contributed by atoms with Gasteiger partial charge in [-0.2, -0.15) is 0 Å². The first kappa shape index (κ1) is 13.4. The predicted molar refractivity (Wildman–Crippen MR) is 33.6 cm³/mol. The number of hydrogen-bond acceptors (Lipinski definition) is 0. The van der Waals surface area contributed by atoms with Crippen LogP contribution in [0.2, 0.25) is 15.8 Å². The van der Waals surface area contributed by atoms with Gasteiger partial charge in [-0.1, -0.05) is 0 Å². The van der Waals surface area contributed by atoms with Crippen molar-refractivity contribution in [2.24, 2.45) is 0 Å². The van der Waals surface area contributed by atoms with E-state index in [0.29, 0.717) is 0 Å². The van der Waals surface area contributed by atoms with E-state index in [0.717, 1.165) is 0 Å². The van der Waals surface area contributed by atoms with E-state index >= 15 is 0 Å². The Kier molecular flexibility index (Phi) is 6.26. The van der Waals surface area contributed by atoms with Crippen LogP contribution in [0.15, 0.2) is 0 Å². The van der Waals surface area contributed by atoms with E-state index in [1.165, 1.54) is 0 Å². The molecule has 0 saturated heterocycles. The first-order valence-corrected chi connectivity index (χ1v) is 19.5. The fourth-order valence-corrected chi connectivity index (χ4v) is 0. The van der Waals surface area contributed by atoms with Crippen LogP contribution in [-0.4, -0.2) is 7.25 Å². The summed E-state index contributed by atoms with van der Waals surface area (Å²) >= 11 is -1.34. The minimum atomic E-state index is -6.00. The first-order chi connectivity index (χ1) is 4.00. The Bertz CT molecular complexity index is 60.2. The van der Waals surface area contributed by atoms with Crippen molar-refractivity contribution >= 4 is 7.25 Å². The quantitative estimate of drug-likeness (QED) is 0.442. The van der Waals surface area contributed by atoms with Crippen molar-refractivity contribution in [1.29, 1.82) is 0 Å². The molecule has 0 saturated carbocycles. The van der Waals surface area contributed by atoms with Crippen LogP contribution in [0.4, 0.5) is 17.3 Å². The van der Waals surface area contributed by atoms with Gasteiger partial charge in [0.25, 0.3) is 0 Å². The maximum absolute atomic E-state index is 9.75. The molecule has 0 aliphatic carbocycles. The molecule has 0 aromatic carbocycles. The van der Waals surface area contributed by atoms with Crippen molar-refractivity contribution in [3.8, 4) is 0 Å². The van der Waals surface area contributed by atoms with E-state index in [2.05, 4.69) is 15.8 Å². The van der Waals surface area contributed by atoms with Gasteiger partial charge in [-0.3, -0.25) is 0 Å². The molecule has 0 nitrogen and oxygen atoms in total. The van der Waals surface area contributed by atoms with E-state index in [-0.39, 0.29) is 0 Å². The second-order valence-electron chi connectivity index (χ2n) is 3.49. The molecule has 0 bridgehead atoms. The average Bonchev–Trinajstić information content (AvgIpc) is 1.12. The molecule has 0 N–H and O–H groups in total. The van der Waals surface area contributed by atoms with Crippen molar-refractivity contribution in [2.45, 2.75) is 15.8 Å². The third-order valence-corrected chi connectivity index (χ3v) is 0. The summed E-state index contributed by atoms with van der Waals surface area (Å²) in [5, 5.41) is 0. The molecule has 0 aromatic heterocycles. The van der Waals surface area contributed by atoms with Crippen molar-refractivity contribution in [1.82, 2.24) is 0 Å². The van der Waals surface area contributed by atoms with Crippen LogP contribution in [0.25, 0.3) is 0 Å². The van der Waals surface area contributed by atoms with Crippen LogP contribution in [0.5, 0.6) is 0 Å². The summed E-state index contributed by atoms with van der Waals surface area (Å²) in [6, 6.07) is 0. The molecule has 0 spiro atoms. The Balaban J connectivity index is 0. The maximum atomic E-state index is 9.75. The van der Waals surface area contributed by atoms with Crippen LogP contribution in [0, 0.1) is 24.4 Å². The molecule has 0 amide bonds. The van der Waals surface area contributed by atoms with Crippen molar-refractivity contribution in [2.75, 3.05) is 0 Å². The average molecular weight is 385 g/mol. The van der Waals surface area contributed by atoms with Crippen molar-refractivity contribution < 1.29 is 41.6 Å². The third-order valence-electron chi connectivity index (χ3n) is 0. The SMILES string of the molecule is F[B-](F)(F)F.[CH3][U]([CH3])([CH3])[CH3]. The van der Waals surface area contributed by atoms with Gasteiger partial charge in [-0.15, -0.1) is 0 Å². The van der Waals surface area contributed by atoms with Crippen LogP contribution >= 0.6 is 0 Å². The van der Waals surface area contributed by atoms with Gasteiger partial charge in [0, 0.05) is 0 Å². The standard InChI is InChI=1S/4CH3.BF4.U/c;;;;2-1(3,4)5;/h4*1H3;;/q;;;;-1;. The molecule has 0 rings (SSSR count). The molecule has 0 atom stereocenters. The molecule has 10 heavy (non-hydrogen) atoms. The van der Waals surface area contributed by atoms with E-state index in [1.807, 2.05) is 0 Å². The molecule has 0 heterocycles. The van der Waals surface area contributed by atoms with Gasteiger partial charge in [0.15, 0.2) is 0 Å². The Morgan fingerprint density at radius 3 is 0.800 bits per heavy atom. The van der Waals surface area contributed by atoms with E-state index in [4.69, 9.17) is 0 Å². The molecule has 0 aromatic rings. The Labute approximate surface area is 64.6 Å². The molecular formula is C4H12BF4U-. The first-order valence-electron chi connectivity index (χ1n) is 2.87. The van der Waals surface area contributed by atoms with Gasteiger partial charge in [-0.05, 0) is 0 Å². The molecule has 0 radical (unpaired) electrons. The number of rotatable bonds is 0. The van der Waals surface area contributed by atoms with Gasteiger partial charge in [0.2, 0.25) is 0 Å². The zero-order valence-electron chi connectivity index (χ0n) is 6.59. The Hall–Kier alpha value is 0.837. The molecular weight excluding hydrogens is 373 g/mol. The minimum absolute atomic E-state index is 1.34. The topological polar surface area (TPSA) is 0 Å². The summed E-state index contributed by atoms with van der Waals surface area (Å²) in [5.41, 5.74) is 0. The fraction of sp³-hybridized carbons (Fsp3) is 1.00. The van der Waals surface area contributed by atoms with Gasteiger partial charge in [0.1, 0.15) is 0 Å². The fourth-order valence-electron chi connectivity index (χ4n) is 0. The van der Waals surface area contributed by atoms with E-state index in [1.54, 1.807) is 0 Å². The monoisotopic (exact) mass is 385 g/mol. The Morgan fingerprint density at radius 1 is 0.800 bits per heavy atom. The third kappa shape index (κ3) is 775. The van der Waals surface area contributed by atoms with Crippen LogP contribution in [0.1, 0.15) is 0 Å². The van der Waals surface area contributed by atoms with Gasteiger partial charge >= 0.3 is 47.4 Å². The number of halogens is 4. The summed E-state index contributed by atoms with van der Waals surface area (Å²) in [7, 11) is -6.00. The molecule has 0 fully saturated rings. The zero-order chi connectivity index (χ0) is 9.00. The molecule has 0 unspecified atom stereocenters. The normalized spacial score (nSPS) is 12.0. The summed E-state index contributed by atoms with van der Waals surface area (Å²) < 4.78 is 48.7. The van der Waals surface area contributed by atoms with Crippen LogP contribution < -0.4 is 0 Å². The Morgan fingerprint density at radius 2 is 0.800 bits per heavy atom. The molecule has 0 aliphatic heterocycles. The summed E-state index contributed by atoms with van der Waals surface area (Å²) in [4.78, 5) is 0. The van der Waals surface area contributed by atoms with E-state index in [9.17, 15) is 17.3 Å². The zero-order valence-corrected chi connectivity index (χ0v) is 10.8. The predicted octanol–water partition coefficient (Wildman–Crippen LogP) is 3.64. The van der Waals surface area contributed by atoms with Crippen LogP contribution in [-0.2, 0) is 0 Å². The van der Waals surface area contributed by atoms with Crippen molar-refractivity contribution in [3.63, 3.8) is 0 Å². The van der Waals surface area contributed by atoms with Gasteiger partial charge in [-0.25, -0.2) is 0 Å². The number of hydrogen-bond donors (Lipinski definition) is 0. The van der Waals surface area contributed by atoms with Crippen LogP contribution in [0.3, 0.4) is 0 Å². The van der Waals surface area contributed by atoms with E-state index < -0.39 is 31.6 Å². The molecule has 6 heteroatoms. The molecule has 64 valence electrons. The summed E-state index contributed by atoms with van der Waals surface area (Å²) in [5.74, 6) is 0. The molecule has 0 aliphatic rings. The van der Waals surface area contributed by atoms with Gasteiger partial charge < -0.3 is 17.3 Å². The summed E-state index contributed by atoms with van der Waals surface area (Å²) in [6.07, 6.45) is 0. The second kappa shape index (κ2) is 4.66. The van der Waals surface area contributed by atoms with Crippen molar-refractivity contribution in [3.05, 3.63) is 0 Å². The van der Waals surface area contributed by atoms with Gasteiger partial charge in [0.05, 0.1) is 0 Å². The second-order valence-corrected chi connectivity index (χ2v) is 28.5. The summed E-state index contributed by atoms with van der Waals surface area (Å²) in [6.45, 7) is 0.